The third-order valence-electron chi connectivity index (χ3n) is 3.62. The van der Waals surface area contributed by atoms with Crippen LogP contribution in [0.5, 0.6) is 5.75 Å². The number of phenols is 1. The molecule has 1 aromatic rings. The predicted molar refractivity (Wildman–Crippen MR) is 75.8 cm³/mol. The van der Waals surface area contributed by atoms with Gasteiger partial charge >= 0.3 is 0 Å². The number of hydrogen-bond acceptors (Lipinski definition) is 5. The number of hydrogen-bond donors (Lipinski definition) is 3. The summed E-state index contributed by atoms with van der Waals surface area (Å²) in [6.07, 6.45) is 3.12. The molecule has 0 saturated heterocycles. The quantitative estimate of drug-likeness (QED) is 0.535. The van der Waals surface area contributed by atoms with E-state index in [0.717, 1.165) is 19.3 Å². The van der Waals surface area contributed by atoms with Gasteiger partial charge in [0.15, 0.2) is 0 Å². The monoisotopic (exact) mass is 300 g/mol. The third kappa shape index (κ3) is 2.89. The Kier molecular flexibility index (Phi) is 4.52. The van der Waals surface area contributed by atoms with Gasteiger partial charge in [-0.2, -0.15) is 4.31 Å². The van der Waals surface area contributed by atoms with Crippen molar-refractivity contribution < 1.29 is 18.6 Å². The van der Waals surface area contributed by atoms with Crippen molar-refractivity contribution in [1.82, 2.24) is 4.31 Å². The Balaban J connectivity index is 2.30. The van der Waals surface area contributed by atoms with Crippen LogP contribution in [0.4, 0.5) is 5.69 Å². The second kappa shape index (κ2) is 5.99. The number of benzene rings is 1. The van der Waals surface area contributed by atoms with Gasteiger partial charge < -0.3 is 15.9 Å². The Morgan fingerprint density at radius 2 is 2.05 bits per heavy atom. The van der Waals surface area contributed by atoms with Crippen LogP contribution < -0.4 is 5.73 Å². The molecule has 0 radical (unpaired) electrons. The average molecular weight is 300 g/mol. The lowest BCUT2D eigenvalue weighted by molar-refractivity contribution is 0.198. The zero-order chi connectivity index (χ0) is 14.8. The maximum absolute atomic E-state index is 12.6. The van der Waals surface area contributed by atoms with Gasteiger partial charge in [-0.3, -0.25) is 0 Å². The number of nitrogens with zero attached hydrogens (tertiary/aromatic N) is 1. The second-order valence-electron chi connectivity index (χ2n) is 5.00. The number of nitrogen functional groups attached to an aromatic ring is 1. The van der Waals surface area contributed by atoms with Crippen molar-refractivity contribution in [2.75, 3.05) is 18.9 Å². The molecule has 4 N–H and O–H groups in total. The standard InChI is InChI=1S/C13H20N2O4S/c14-12-9-11(5-6-13(12)17)20(18,19)15(7-2-8-16)10-3-1-4-10/h5-6,9-10,16-17H,1-4,7-8,14H2. The molecule has 112 valence electrons. The van der Waals surface area contributed by atoms with Gasteiger partial charge in [0.1, 0.15) is 5.75 Å². The van der Waals surface area contributed by atoms with Crippen molar-refractivity contribution in [2.24, 2.45) is 0 Å². The molecule has 1 aliphatic carbocycles. The molecule has 0 amide bonds. The van der Waals surface area contributed by atoms with E-state index in [9.17, 15) is 13.5 Å². The van der Waals surface area contributed by atoms with Gasteiger partial charge in [-0.15, -0.1) is 0 Å². The Morgan fingerprint density at radius 1 is 1.35 bits per heavy atom. The lowest BCUT2D eigenvalue weighted by atomic mass is 9.93. The lowest BCUT2D eigenvalue weighted by Crippen LogP contribution is -2.44. The van der Waals surface area contributed by atoms with Crippen molar-refractivity contribution >= 4 is 15.7 Å². The first-order chi connectivity index (χ1) is 9.46. The van der Waals surface area contributed by atoms with E-state index in [0.29, 0.717) is 13.0 Å². The Morgan fingerprint density at radius 3 is 2.55 bits per heavy atom. The molecule has 0 bridgehead atoms. The highest BCUT2D eigenvalue weighted by atomic mass is 32.2. The lowest BCUT2D eigenvalue weighted by Gasteiger charge is -2.36. The minimum Gasteiger partial charge on any atom is -0.506 e. The van der Waals surface area contributed by atoms with Gasteiger partial charge in [-0.25, -0.2) is 8.42 Å². The molecular weight excluding hydrogens is 280 g/mol. The number of rotatable bonds is 6. The molecule has 0 spiro atoms. The van der Waals surface area contributed by atoms with E-state index in [4.69, 9.17) is 10.8 Å². The van der Waals surface area contributed by atoms with Crippen LogP contribution in [0.2, 0.25) is 0 Å². The first-order valence-electron chi connectivity index (χ1n) is 6.68. The first kappa shape index (κ1) is 15.1. The van der Waals surface area contributed by atoms with Crippen LogP contribution in [-0.4, -0.2) is 42.1 Å². The maximum Gasteiger partial charge on any atom is 0.243 e. The van der Waals surface area contributed by atoms with Gasteiger partial charge in [0.05, 0.1) is 10.6 Å². The molecule has 1 aliphatic rings. The summed E-state index contributed by atoms with van der Waals surface area (Å²) in [5.41, 5.74) is 5.61. The molecule has 6 nitrogen and oxygen atoms in total. The summed E-state index contributed by atoms with van der Waals surface area (Å²) < 4.78 is 26.7. The van der Waals surface area contributed by atoms with Crippen LogP contribution in [0.15, 0.2) is 23.1 Å². The SMILES string of the molecule is Nc1cc(S(=O)(=O)N(CCCO)C2CCC2)ccc1O. The number of sulfonamides is 1. The summed E-state index contributed by atoms with van der Waals surface area (Å²) in [4.78, 5) is 0.0811. The van der Waals surface area contributed by atoms with Crippen LogP contribution in [0.25, 0.3) is 0 Å². The molecule has 1 saturated carbocycles. The number of aliphatic hydroxyl groups is 1. The minimum atomic E-state index is -3.64. The Labute approximate surface area is 118 Å². The molecule has 0 atom stereocenters. The van der Waals surface area contributed by atoms with E-state index >= 15 is 0 Å². The average Bonchev–Trinajstić information content (AvgIpc) is 2.35. The second-order valence-corrected chi connectivity index (χ2v) is 6.89. The van der Waals surface area contributed by atoms with Gasteiger partial charge in [0.25, 0.3) is 0 Å². The summed E-state index contributed by atoms with van der Waals surface area (Å²) in [6.45, 7) is 0.251. The van der Waals surface area contributed by atoms with E-state index < -0.39 is 10.0 Å². The highest BCUT2D eigenvalue weighted by Crippen LogP contribution is 2.32. The van der Waals surface area contributed by atoms with Crippen molar-refractivity contribution in [3.63, 3.8) is 0 Å². The maximum atomic E-state index is 12.6. The highest BCUT2D eigenvalue weighted by Gasteiger charge is 2.34. The van der Waals surface area contributed by atoms with Gasteiger partial charge in [-0.05, 0) is 37.5 Å². The molecule has 0 aromatic heterocycles. The molecule has 20 heavy (non-hydrogen) atoms. The van der Waals surface area contributed by atoms with E-state index in [-0.39, 0.29) is 29.0 Å². The molecule has 1 fully saturated rings. The largest absolute Gasteiger partial charge is 0.506 e. The van der Waals surface area contributed by atoms with Crippen LogP contribution in [0.3, 0.4) is 0 Å². The molecular formula is C13H20N2O4S. The smallest absolute Gasteiger partial charge is 0.243 e. The zero-order valence-corrected chi connectivity index (χ0v) is 12.0. The van der Waals surface area contributed by atoms with E-state index in [2.05, 4.69) is 0 Å². The number of anilines is 1. The van der Waals surface area contributed by atoms with Gasteiger partial charge in [-0.1, -0.05) is 6.42 Å². The molecule has 1 aromatic carbocycles. The molecule has 2 rings (SSSR count). The summed E-state index contributed by atoms with van der Waals surface area (Å²) in [6, 6.07) is 3.91. The van der Waals surface area contributed by atoms with Gasteiger partial charge in [0.2, 0.25) is 10.0 Å². The third-order valence-corrected chi connectivity index (χ3v) is 5.57. The summed E-state index contributed by atoms with van der Waals surface area (Å²) in [5, 5.41) is 18.3. The van der Waals surface area contributed by atoms with Crippen molar-refractivity contribution in [3.05, 3.63) is 18.2 Å². The van der Waals surface area contributed by atoms with Crippen molar-refractivity contribution in [3.8, 4) is 5.75 Å². The minimum absolute atomic E-state index is 0.00146. The summed E-state index contributed by atoms with van der Waals surface area (Å²) >= 11 is 0. The number of aliphatic hydroxyl groups excluding tert-OH is 1. The van der Waals surface area contributed by atoms with E-state index in [1.54, 1.807) is 0 Å². The van der Waals surface area contributed by atoms with Crippen molar-refractivity contribution in [1.29, 1.82) is 0 Å². The number of nitrogens with two attached hydrogens (primary N) is 1. The summed E-state index contributed by atoms with van der Waals surface area (Å²) in [5.74, 6) is -0.130. The Hall–Kier alpha value is -1.31. The van der Waals surface area contributed by atoms with E-state index in [1.807, 2.05) is 0 Å². The topological polar surface area (TPSA) is 104 Å². The molecule has 7 heteroatoms. The fourth-order valence-corrected chi connectivity index (χ4v) is 3.99. The van der Waals surface area contributed by atoms with Crippen LogP contribution in [0.1, 0.15) is 25.7 Å². The number of phenolic OH excluding ortho intramolecular Hbond substituents is 1. The number of aromatic hydroxyl groups is 1. The molecule has 0 aliphatic heterocycles. The predicted octanol–water partition coefficient (Wildman–Crippen LogP) is 0.900. The molecule has 0 unspecified atom stereocenters. The van der Waals surface area contributed by atoms with Crippen LogP contribution in [0, 0.1) is 0 Å². The Bertz CT molecular complexity index is 570. The first-order valence-corrected chi connectivity index (χ1v) is 8.12. The molecule has 0 heterocycles. The van der Waals surface area contributed by atoms with Crippen LogP contribution in [-0.2, 0) is 10.0 Å². The fraction of sp³-hybridized carbons (Fsp3) is 0.538. The zero-order valence-electron chi connectivity index (χ0n) is 11.2. The highest BCUT2D eigenvalue weighted by molar-refractivity contribution is 7.89. The van der Waals surface area contributed by atoms with Crippen molar-refractivity contribution in [2.45, 2.75) is 36.6 Å². The fourth-order valence-electron chi connectivity index (χ4n) is 2.23. The summed E-state index contributed by atoms with van der Waals surface area (Å²) in [7, 11) is -3.64. The normalized spacial score (nSPS) is 16.3. The van der Waals surface area contributed by atoms with Crippen LogP contribution >= 0.6 is 0 Å². The van der Waals surface area contributed by atoms with E-state index in [1.165, 1.54) is 22.5 Å². The van der Waals surface area contributed by atoms with Gasteiger partial charge in [0, 0.05) is 19.2 Å².